The Morgan fingerprint density at radius 3 is 2.00 bits per heavy atom. The van der Waals surface area contributed by atoms with Crippen molar-refractivity contribution in [1.29, 1.82) is 0 Å². The van der Waals surface area contributed by atoms with Crippen molar-refractivity contribution < 1.29 is 4.74 Å². The van der Waals surface area contributed by atoms with Crippen molar-refractivity contribution in [2.45, 2.75) is 33.3 Å². The summed E-state index contributed by atoms with van der Waals surface area (Å²) in [5.41, 5.74) is 1.01. The molecule has 0 saturated heterocycles. The van der Waals surface area contributed by atoms with Crippen LogP contribution in [-0.4, -0.2) is 32.6 Å². The average molecular weight is 263 g/mol. The highest BCUT2D eigenvalue weighted by Gasteiger charge is 2.48. The third-order valence-corrected chi connectivity index (χ3v) is 3.97. The summed E-state index contributed by atoms with van der Waals surface area (Å²) in [4.78, 5) is 2.23. The van der Waals surface area contributed by atoms with E-state index in [0.717, 1.165) is 6.54 Å². The fourth-order valence-electron chi connectivity index (χ4n) is 3.44. The summed E-state index contributed by atoms with van der Waals surface area (Å²) in [5, 5.41) is 0. The van der Waals surface area contributed by atoms with E-state index in [-0.39, 0.29) is 11.0 Å². The smallest absolute Gasteiger partial charge is 0.101 e. The number of rotatable bonds is 5. The molecule has 0 N–H and O–H groups in total. The van der Waals surface area contributed by atoms with Crippen molar-refractivity contribution in [3.63, 3.8) is 0 Å². The zero-order chi connectivity index (χ0) is 14.7. The Bertz CT molecular complexity index is 380. The van der Waals surface area contributed by atoms with Gasteiger partial charge >= 0.3 is 0 Å². The second-order valence-corrected chi connectivity index (χ2v) is 6.72. The summed E-state index contributed by atoms with van der Waals surface area (Å²) in [6.07, 6.45) is 0. The number of hydrogen-bond acceptors (Lipinski definition) is 2. The molecule has 0 aliphatic carbocycles. The van der Waals surface area contributed by atoms with Crippen LogP contribution in [-0.2, 0) is 10.3 Å². The predicted molar refractivity (Wildman–Crippen MR) is 82.3 cm³/mol. The molecule has 0 spiro atoms. The second kappa shape index (κ2) is 6.06. The average Bonchev–Trinajstić information content (AvgIpc) is 2.29. The molecule has 108 valence electrons. The highest BCUT2D eigenvalue weighted by molar-refractivity contribution is 5.26. The van der Waals surface area contributed by atoms with Gasteiger partial charge in [0.05, 0.1) is 0 Å². The van der Waals surface area contributed by atoms with Crippen molar-refractivity contribution in [2.24, 2.45) is 11.3 Å². The number of methoxy groups -OCH3 is 1. The highest BCUT2D eigenvalue weighted by atomic mass is 16.5. The predicted octanol–water partition coefficient (Wildman–Crippen LogP) is 3.77. The van der Waals surface area contributed by atoms with E-state index in [9.17, 15) is 0 Å². The highest BCUT2D eigenvalue weighted by Crippen LogP contribution is 2.47. The molecule has 2 heteroatoms. The van der Waals surface area contributed by atoms with Gasteiger partial charge in [0.25, 0.3) is 0 Å². The van der Waals surface area contributed by atoms with Crippen LogP contribution in [0.15, 0.2) is 30.3 Å². The van der Waals surface area contributed by atoms with E-state index in [1.54, 1.807) is 0 Å². The molecule has 1 rings (SSSR count). The molecule has 0 bridgehead atoms. The van der Waals surface area contributed by atoms with Gasteiger partial charge in [-0.05, 0) is 25.1 Å². The van der Waals surface area contributed by atoms with Gasteiger partial charge < -0.3 is 9.64 Å². The minimum Gasteiger partial charge on any atom is -0.373 e. The topological polar surface area (TPSA) is 12.5 Å². The van der Waals surface area contributed by atoms with Crippen LogP contribution in [0.3, 0.4) is 0 Å². The molecule has 1 aromatic rings. The first-order valence-electron chi connectivity index (χ1n) is 7.01. The first-order valence-corrected chi connectivity index (χ1v) is 7.01. The van der Waals surface area contributed by atoms with Crippen LogP contribution in [0.4, 0.5) is 0 Å². The van der Waals surface area contributed by atoms with Crippen LogP contribution in [0.1, 0.15) is 33.3 Å². The molecule has 2 atom stereocenters. The van der Waals surface area contributed by atoms with Gasteiger partial charge in [0, 0.05) is 19.6 Å². The molecule has 1 aromatic carbocycles. The normalized spacial score (nSPS) is 17.3. The van der Waals surface area contributed by atoms with Crippen LogP contribution in [0.2, 0.25) is 0 Å². The lowest BCUT2D eigenvalue weighted by Gasteiger charge is -2.49. The molecular formula is C17H29NO. The summed E-state index contributed by atoms with van der Waals surface area (Å²) in [6, 6.07) is 10.6. The Labute approximate surface area is 118 Å². The van der Waals surface area contributed by atoms with Gasteiger partial charge in [-0.1, -0.05) is 58.0 Å². The summed E-state index contributed by atoms with van der Waals surface area (Å²) < 4.78 is 6.12. The van der Waals surface area contributed by atoms with Crippen molar-refractivity contribution >= 4 is 0 Å². The van der Waals surface area contributed by atoms with Crippen molar-refractivity contribution in [3.05, 3.63) is 35.9 Å². The number of benzene rings is 1. The minimum atomic E-state index is -0.279. The first-order chi connectivity index (χ1) is 8.75. The summed E-state index contributed by atoms with van der Waals surface area (Å²) >= 11 is 0. The van der Waals surface area contributed by atoms with Gasteiger partial charge in [0.2, 0.25) is 0 Å². The molecule has 0 fully saturated rings. The quantitative estimate of drug-likeness (QED) is 0.802. The van der Waals surface area contributed by atoms with Crippen molar-refractivity contribution in [2.75, 3.05) is 27.7 Å². The molecule has 0 aromatic heterocycles. The standard InChI is InChI=1S/C17H29NO/c1-14(13-18(5)6)17(19-7,16(2,3)4)15-11-9-8-10-12-15/h8-12,14H,13H2,1-7H3/t14-,17-/m0/s1. The Morgan fingerprint density at radius 1 is 1.11 bits per heavy atom. The molecule has 0 aliphatic heterocycles. The van der Waals surface area contributed by atoms with Crippen LogP contribution >= 0.6 is 0 Å². The zero-order valence-electron chi connectivity index (χ0n) is 13.5. The molecule has 2 nitrogen and oxygen atoms in total. The number of hydrogen-bond donors (Lipinski definition) is 0. The Morgan fingerprint density at radius 2 is 1.63 bits per heavy atom. The van der Waals surface area contributed by atoms with E-state index >= 15 is 0 Å². The van der Waals surface area contributed by atoms with Crippen LogP contribution < -0.4 is 0 Å². The third-order valence-electron chi connectivity index (χ3n) is 3.97. The van der Waals surface area contributed by atoms with Crippen LogP contribution in [0, 0.1) is 11.3 Å². The fraction of sp³-hybridized carbons (Fsp3) is 0.647. The van der Waals surface area contributed by atoms with Gasteiger partial charge in [0.15, 0.2) is 0 Å². The molecule has 0 heterocycles. The SMILES string of the molecule is CO[C@](c1ccccc1)([C@@H](C)CN(C)C)C(C)(C)C. The second-order valence-electron chi connectivity index (χ2n) is 6.72. The van der Waals surface area contributed by atoms with Crippen LogP contribution in [0.5, 0.6) is 0 Å². The van der Waals surface area contributed by atoms with E-state index in [1.807, 2.05) is 7.11 Å². The maximum absolute atomic E-state index is 6.12. The molecule has 0 saturated carbocycles. The lowest BCUT2D eigenvalue weighted by molar-refractivity contribution is -0.140. The van der Waals surface area contributed by atoms with E-state index in [1.165, 1.54) is 5.56 Å². The number of nitrogens with zero attached hydrogens (tertiary/aromatic N) is 1. The van der Waals surface area contributed by atoms with Crippen LogP contribution in [0.25, 0.3) is 0 Å². The fourth-order valence-corrected chi connectivity index (χ4v) is 3.44. The third kappa shape index (κ3) is 3.18. The molecule has 0 unspecified atom stereocenters. The molecule has 0 amide bonds. The van der Waals surface area contributed by atoms with Crippen molar-refractivity contribution in [1.82, 2.24) is 4.90 Å². The van der Waals surface area contributed by atoms with Gasteiger partial charge in [0.1, 0.15) is 5.60 Å². The minimum absolute atomic E-state index is 0.0263. The summed E-state index contributed by atoms with van der Waals surface area (Å²) in [5.74, 6) is 0.398. The first kappa shape index (κ1) is 16.2. The molecule has 0 aliphatic rings. The van der Waals surface area contributed by atoms with E-state index in [0.29, 0.717) is 5.92 Å². The maximum atomic E-state index is 6.12. The lowest BCUT2D eigenvalue weighted by Crippen LogP contribution is -2.50. The number of ether oxygens (including phenoxy) is 1. The Balaban J connectivity index is 3.32. The van der Waals surface area contributed by atoms with Gasteiger partial charge in [-0.2, -0.15) is 0 Å². The Kier molecular flexibility index (Phi) is 5.17. The summed E-state index contributed by atoms with van der Waals surface area (Å²) in [6.45, 7) is 10.1. The maximum Gasteiger partial charge on any atom is 0.101 e. The van der Waals surface area contributed by atoms with Crippen molar-refractivity contribution in [3.8, 4) is 0 Å². The van der Waals surface area contributed by atoms with Gasteiger partial charge in [-0.25, -0.2) is 0 Å². The van der Waals surface area contributed by atoms with E-state index in [2.05, 4.69) is 77.0 Å². The van der Waals surface area contributed by atoms with Gasteiger partial charge in [-0.3, -0.25) is 0 Å². The molecular weight excluding hydrogens is 234 g/mol. The molecule has 0 radical (unpaired) electrons. The monoisotopic (exact) mass is 263 g/mol. The van der Waals surface area contributed by atoms with E-state index < -0.39 is 0 Å². The lowest BCUT2D eigenvalue weighted by atomic mass is 9.65. The van der Waals surface area contributed by atoms with Gasteiger partial charge in [-0.15, -0.1) is 0 Å². The molecule has 19 heavy (non-hydrogen) atoms. The zero-order valence-corrected chi connectivity index (χ0v) is 13.5. The Hall–Kier alpha value is -0.860. The van der Waals surface area contributed by atoms with E-state index in [4.69, 9.17) is 4.74 Å². The largest absolute Gasteiger partial charge is 0.373 e. The summed E-state index contributed by atoms with van der Waals surface area (Å²) in [7, 11) is 6.07.